The van der Waals surface area contributed by atoms with Crippen LogP contribution in [0.4, 0.5) is 26.2 Å². The second-order valence-electron chi connectivity index (χ2n) is 9.87. The van der Waals surface area contributed by atoms with Gasteiger partial charge in [0.15, 0.2) is 5.82 Å². The van der Waals surface area contributed by atoms with Crippen molar-refractivity contribution in [1.82, 2.24) is 9.97 Å². The van der Waals surface area contributed by atoms with Crippen molar-refractivity contribution in [2.24, 2.45) is 5.41 Å². The Labute approximate surface area is 187 Å². The van der Waals surface area contributed by atoms with Crippen LogP contribution >= 0.6 is 0 Å². The minimum Gasteiger partial charge on any atom is -0.351 e. The van der Waals surface area contributed by atoms with Gasteiger partial charge >= 0.3 is 6.05 Å². The van der Waals surface area contributed by atoms with E-state index in [0.717, 1.165) is 30.6 Å². The van der Waals surface area contributed by atoms with Crippen molar-refractivity contribution in [3.8, 4) is 0 Å². The molecule has 0 bridgehead atoms. The highest BCUT2D eigenvalue weighted by Gasteiger charge is 2.52. The molecule has 1 aliphatic carbocycles. The van der Waals surface area contributed by atoms with Gasteiger partial charge in [-0.1, -0.05) is 37.1 Å². The molecular weight excluding hydrogens is 412 g/mol. The van der Waals surface area contributed by atoms with Crippen molar-refractivity contribution in [1.29, 1.82) is 0 Å². The normalized spacial score (nSPS) is 24.5. The zero-order chi connectivity index (χ0) is 22.8. The standard InChI is InChI=1S/C24H29F2N5O/c1-15-17-11-7-8-12-18(17)24(25,26)31(15)22-27-13-19-20(28-22)30(16-9-5-6-10-16)14-23(2,3)21(32)29(19)4/h7-8,11-13,15-16H,5-6,9-10,14H2,1-4H3/t15-/m0/s1. The zero-order valence-electron chi connectivity index (χ0n) is 19.0. The first-order valence-corrected chi connectivity index (χ1v) is 11.3. The summed E-state index contributed by atoms with van der Waals surface area (Å²) >= 11 is 0. The molecule has 1 amide bonds. The lowest BCUT2D eigenvalue weighted by Crippen LogP contribution is -2.45. The number of amides is 1. The molecule has 0 N–H and O–H groups in total. The molecule has 1 fully saturated rings. The summed E-state index contributed by atoms with van der Waals surface area (Å²) in [7, 11) is 1.72. The number of fused-ring (bicyclic) bond motifs is 2. The maximum atomic E-state index is 15.5. The maximum Gasteiger partial charge on any atom is 0.355 e. The molecule has 0 saturated heterocycles. The first-order valence-electron chi connectivity index (χ1n) is 11.3. The van der Waals surface area contributed by atoms with Crippen LogP contribution in [0.2, 0.25) is 0 Å². The van der Waals surface area contributed by atoms with Crippen LogP contribution in [0.1, 0.15) is 63.6 Å². The van der Waals surface area contributed by atoms with Crippen LogP contribution in [0.5, 0.6) is 0 Å². The maximum absolute atomic E-state index is 15.5. The summed E-state index contributed by atoms with van der Waals surface area (Å²) in [5.41, 5.74) is 0.521. The lowest BCUT2D eigenvalue weighted by atomic mass is 9.91. The summed E-state index contributed by atoms with van der Waals surface area (Å²) in [6.45, 7) is 6.11. The van der Waals surface area contributed by atoms with Crippen LogP contribution in [0, 0.1) is 5.41 Å². The van der Waals surface area contributed by atoms with Gasteiger partial charge in [0.25, 0.3) is 0 Å². The third kappa shape index (κ3) is 2.98. The van der Waals surface area contributed by atoms with E-state index in [9.17, 15) is 4.79 Å². The van der Waals surface area contributed by atoms with Crippen molar-refractivity contribution < 1.29 is 13.6 Å². The molecule has 0 unspecified atom stereocenters. The molecule has 2 aromatic rings. The van der Waals surface area contributed by atoms with E-state index in [-0.39, 0.29) is 23.5 Å². The fraction of sp³-hybridized carbons (Fsp3) is 0.542. The Balaban J connectivity index is 1.64. The second-order valence-corrected chi connectivity index (χ2v) is 9.87. The molecule has 5 rings (SSSR count). The Bertz CT molecular complexity index is 1070. The van der Waals surface area contributed by atoms with Gasteiger partial charge in [-0.15, -0.1) is 0 Å². The lowest BCUT2D eigenvalue weighted by Gasteiger charge is -2.35. The summed E-state index contributed by atoms with van der Waals surface area (Å²) < 4.78 is 31.0. The van der Waals surface area contributed by atoms with Crippen LogP contribution in [0.15, 0.2) is 30.5 Å². The van der Waals surface area contributed by atoms with Crippen LogP contribution in [0.3, 0.4) is 0 Å². The third-order valence-corrected chi connectivity index (χ3v) is 7.23. The SMILES string of the molecule is C[C@H]1c2ccccc2C(F)(F)N1c1ncc2c(n1)N(C1CCCC1)CC(C)(C)C(=O)N2C. The number of hydrogen-bond donors (Lipinski definition) is 0. The van der Waals surface area contributed by atoms with Gasteiger partial charge in [-0.3, -0.25) is 9.69 Å². The summed E-state index contributed by atoms with van der Waals surface area (Å²) in [5, 5.41) is 0. The average Bonchev–Trinajstić information content (AvgIpc) is 3.35. The summed E-state index contributed by atoms with van der Waals surface area (Å²) in [6, 6.07) is 3.06. The molecule has 170 valence electrons. The first kappa shape index (κ1) is 21.1. The fourth-order valence-corrected chi connectivity index (χ4v) is 5.52. The predicted octanol–water partition coefficient (Wildman–Crippen LogP) is 4.86. The predicted molar refractivity (Wildman–Crippen MR) is 120 cm³/mol. The Kier molecular flexibility index (Phi) is 4.69. The largest absolute Gasteiger partial charge is 0.355 e. The van der Waals surface area contributed by atoms with Crippen LogP contribution in [0.25, 0.3) is 0 Å². The molecule has 1 atom stereocenters. The van der Waals surface area contributed by atoms with Crippen molar-refractivity contribution in [3.05, 3.63) is 41.6 Å². The highest BCUT2D eigenvalue weighted by atomic mass is 19.3. The molecular formula is C24H29F2N5O. The Morgan fingerprint density at radius 1 is 1.12 bits per heavy atom. The zero-order valence-corrected chi connectivity index (χ0v) is 19.0. The van der Waals surface area contributed by atoms with E-state index in [1.165, 1.54) is 12.3 Å². The Morgan fingerprint density at radius 2 is 1.81 bits per heavy atom. The smallest absolute Gasteiger partial charge is 0.351 e. The molecule has 1 aromatic carbocycles. The topological polar surface area (TPSA) is 52.6 Å². The van der Waals surface area contributed by atoms with Gasteiger partial charge in [0, 0.05) is 25.2 Å². The first-order chi connectivity index (χ1) is 15.1. The minimum atomic E-state index is -3.21. The van der Waals surface area contributed by atoms with Gasteiger partial charge in [0.05, 0.1) is 17.7 Å². The van der Waals surface area contributed by atoms with E-state index < -0.39 is 17.5 Å². The van der Waals surface area contributed by atoms with E-state index in [1.54, 1.807) is 37.1 Å². The molecule has 1 aromatic heterocycles. The fourth-order valence-electron chi connectivity index (χ4n) is 5.52. The van der Waals surface area contributed by atoms with Gasteiger partial charge in [0.1, 0.15) is 5.69 Å². The van der Waals surface area contributed by atoms with Gasteiger partial charge in [0.2, 0.25) is 11.9 Å². The molecule has 0 spiro atoms. The van der Waals surface area contributed by atoms with Crippen LogP contribution in [-0.2, 0) is 10.8 Å². The number of rotatable bonds is 2. The average molecular weight is 442 g/mol. The van der Waals surface area contributed by atoms with Gasteiger partial charge in [-0.25, -0.2) is 4.98 Å². The number of alkyl halides is 2. The second kappa shape index (κ2) is 7.12. The summed E-state index contributed by atoms with van der Waals surface area (Å²) in [6.07, 6.45) is 5.79. The third-order valence-electron chi connectivity index (χ3n) is 7.23. The number of carbonyl (C=O) groups excluding carboxylic acids is 1. The van der Waals surface area contributed by atoms with Crippen molar-refractivity contribution in [2.45, 2.75) is 64.6 Å². The van der Waals surface area contributed by atoms with Crippen molar-refractivity contribution in [2.75, 3.05) is 28.3 Å². The van der Waals surface area contributed by atoms with Crippen LogP contribution in [-0.4, -0.2) is 35.5 Å². The van der Waals surface area contributed by atoms with Gasteiger partial charge in [-0.2, -0.15) is 13.8 Å². The number of carbonyl (C=O) groups is 1. The Hall–Kier alpha value is -2.77. The van der Waals surface area contributed by atoms with E-state index >= 15 is 8.78 Å². The molecule has 3 heterocycles. The van der Waals surface area contributed by atoms with E-state index in [2.05, 4.69) is 9.88 Å². The van der Waals surface area contributed by atoms with Gasteiger partial charge < -0.3 is 9.80 Å². The molecule has 0 radical (unpaired) electrons. The number of nitrogens with zero attached hydrogens (tertiary/aromatic N) is 5. The summed E-state index contributed by atoms with van der Waals surface area (Å²) in [4.78, 5) is 27.0. The highest BCUT2D eigenvalue weighted by Crippen LogP contribution is 2.50. The molecule has 3 aliphatic rings. The number of aromatic nitrogens is 2. The lowest BCUT2D eigenvalue weighted by molar-refractivity contribution is -0.125. The highest BCUT2D eigenvalue weighted by molar-refractivity contribution is 6.00. The van der Waals surface area contributed by atoms with E-state index in [1.807, 2.05) is 13.8 Å². The molecule has 1 saturated carbocycles. The quantitative estimate of drug-likeness (QED) is 0.623. The number of halogens is 2. The van der Waals surface area contributed by atoms with E-state index in [4.69, 9.17) is 4.98 Å². The number of benzene rings is 1. The number of hydrogen-bond acceptors (Lipinski definition) is 5. The monoisotopic (exact) mass is 441 g/mol. The van der Waals surface area contributed by atoms with E-state index in [0.29, 0.717) is 23.6 Å². The molecule has 32 heavy (non-hydrogen) atoms. The Morgan fingerprint density at radius 3 is 2.50 bits per heavy atom. The van der Waals surface area contributed by atoms with Gasteiger partial charge in [-0.05, 0) is 39.2 Å². The van der Waals surface area contributed by atoms with Crippen molar-refractivity contribution >= 4 is 23.4 Å². The van der Waals surface area contributed by atoms with Crippen molar-refractivity contribution in [3.63, 3.8) is 0 Å². The minimum absolute atomic E-state index is 0.00730. The molecule has 8 heteroatoms. The molecule has 2 aliphatic heterocycles. The number of anilines is 3. The summed E-state index contributed by atoms with van der Waals surface area (Å²) in [5.74, 6) is 0.533. The van der Waals surface area contributed by atoms with Crippen LogP contribution < -0.4 is 14.7 Å². The molecule has 6 nitrogen and oxygen atoms in total.